The highest BCUT2D eigenvalue weighted by Gasteiger charge is 2.56. The molecule has 0 spiro atoms. The zero-order valence-corrected chi connectivity index (χ0v) is 23.9. The molecule has 4 N–H and O–H groups in total. The van der Waals surface area contributed by atoms with Crippen LogP contribution in [0.1, 0.15) is 90.9 Å². The van der Waals surface area contributed by atoms with Crippen LogP contribution in [0.3, 0.4) is 0 Å². The van der Waals surface area contributed by atoms with Gasteiger partial charge in [0.1, 0.15) is 11.6 Å². The molecule has 3 atom stereocenters. The maximum absolute atomic E-state index is 13.7. The summed E-state index contributed by atoms with van der Waals surface area (Å²) in [5, 5.41) is 21.4. The molecule has 39 heavy (non-hydrogen) atoms. The molecule has 7 nitrogen and oxygen atoms in total. The van der Waals surface area contributed by atoms with E-state index >= 15 is 0 Å². The van der Waals surface area contributed by atoms with Crippen molar-refractivity contribution in [2.24, 2.45) is 11.8 Å². The summed E-state index contributed by atoms with van der Waals surface area (Å²) in [4.78, 5) is 26.3. The lowest BCUT2D eigenvalue weighted by atomic mass is 9.59. The van der Waals surface area contributed by atoms with Crippen molar-refractivity contribution in [2.75, 3.05) is 6.61 Å². The van der Waals surface area contributed by atoms with Crippen LogP contribution in [0.15, 0.2) is 18.2 Å². The number of carbonyl (C=O) groups is 2. The molecule has 5 aliphatic rings. The molecule has 1 aliphatic heterocycles. The zero-order valence-electron chi connectivity index (χ0n) is 23.2. The van der Waals surface area contributed by atoms with E-state index < -0.39 is 23.0 Å². The Morgan fingerprint density at radius 1 is 1.10 bits per heavy atom. The molecule has 4 aliphatic carbocycles. The van der Waals surface area contributed by atoms with E-state index in [4.69, 9.17) is 16.3 Å². The molecule has 6 rings (SSSR count). The molecule has 9 heteroatoms. The van der Waals surface area contributed by atoms with Gasteiger partial charge in [0.05, 0.1) is 22.7 Å². The van der Waals surface area contributed by atoms with E-state index in [2.05, 4.69) is 29.8 Å². The monoisotopic (exact) mass is 563 g/mol. The number of aliphatic hydroxyl groups excluding tert-OH is 1. The van der Waals surface area contributed by atoms with Crippen molar-refractivity contribution in [3.63, 3.8) is 0 Å². The first-order valence-electron chi connectivity index (χ1n) is 14.7. The molecule has 1 heterocycles. The molecular weight excluding hydrogens is 521 g/mol. The molecule has 2 amide bonds. The largest absolute Gasteiger partial charge is 0.484 e. The summed E-state index contributed by atoms with van der Waals surface area (Å²) in [7, 11) is 0. The average molecular weight is 564 g/mol. The van der Waals surface area contributed by atoms with E-state index in [9.17, 15) is 19.1 Å². The van der Waals surface area contributed by atoms with Gasteiger partial charge in [-0.05, 0) is 88.2 Å². The summed E-state index contributed by atoms with van der Waals surface area (Å²) in [5.74, 6) is 0.373. The average Bonchev–Trinajstić information content (AvgIpc) is 3.46. The van der Waals surface area contributed by atoms with Crippen molar-refractivity contribution in [1.29, 1.82) is 0 Å². The quantitative estimate of drug-likeness (QED) is 0.369. The van der Waals surface area contributed by atoms with Gasteiger partial charge in [-0.1, -0.05) is 38.3 Å². The first-order chi connectivity index (χ1) is 18.6. The smallest absolute Gasteiger partial charge is 0.258 e. The van der Waals surface area contributed by atoms with Gasteiger partial charge in [-0.3, -0.25) is 14.9 Å². The molecule has 4 saturated carbocycles. The third-order valence-corrected chi connectivity index (χ3v) is 10.6. The molecule has 3 unspecified atom stereocenters. The van der Waals surface area contributed by atoms with Gasteiger partial charge in [0.15, 0.2) is 6.61 Å². The van der Waals surface area contributed by atoms with Gasteiger partial charge in [0, 0.05) is 17.1 Å². The van der Waals surface area contributed by atoms with E-state index in [0.717, 1.165) is 25.3 Å². The fourth-order valence-corrected chi connectivity index (χ4v) is 8.11. The van der Waals surface area contributed by atoms with Gasteiger partial charge in [-0.25, -0.2) is 4.39 Å². The predicted molar refractivity (Wildman–Crippen MR) is 148 cm³/mol. The van der Waals surface area contributed by atoms with Gasteiger partial charge >= 0.3 is 0 Å². The molecule has 216 valence electrons. The third kappa shape index (κ3) is 5.66. The predicted octanol–water partition coefficient (Wildman–Crippen LogP) is 4.63. The summed E-state index contributed by atoms with van der Waals surface area (Å²) in [6.45, 7) is 4.29. The Bertz CT molecular complexity index is 1070. The van der Waals surface area contributed by atoms with Crippen LogP contribution in [0.5, 0.6) is 5.75 Å². The van der Waals surface area contributed by atoms with Crippen molar-refractivity contribution in [3.05, 3.63) is 29.0 Å². The molecule has 0 aromatic heterocycles. The van der Waals surface area contributed by atoms with E-state index in [0.29, 0.717) is 43.9 Å². The number of benzene rings is 1. The van der Waals surface area contributed by atoms with Crippen LogP contribution in [0.25, 0.3) is 0 Å². The van der Waals surface area contributed by atoms with Crippen LogP contribution in [-0.4, -0.2) is 52.3 Å². The van der Waals surface area contributed by atoms with Gasteiger partial charge in [-0.2, -0.15) is 0 Å². The van der Waals surface area contributed by atoms with E-state index in [1.165, 1.54) is 37.8 Å². The maximum atomic E-state index is 13.7. The summed E-state index contributed by atoms with van der Waals surface area (Å²) in [6, 6.07) is 3.81. The van der Waals surface area contributed by atoms with Crippen molar-refractivity contribution in [1.82, 2.24) is 16.0 Å². The van der Waals surface area contributed by atoms with Crippen LogP contribution in [0.4, 0.5) is 4.39 Å². The van der Waals surface area contributed by atoms with Crippen LogP contribution >= 0.6 is 11.6 Å². The molecule has 5 fully saturated rings. The highest BCUT2D eigenvalue weighted by Crippen LogP contribution is 2.48. The minimum Gasteiger partial charge on any atom is -0.484 e. The number of hydrogen-bond acceptors (Lipinski definition) is 5. The summed E-state index contributed by atoms with van der Waals surface area (Å²) in [6.07, 6.45) is 10.2. The third-order valence-electron chi connectivity index (χ3n) is 10.3. The van der Waals surface area contributed by atoms with Gasteiger partial charge in [0.2, 0.25) is 5.91 Å². The second-order valence-electron chi connectivity index (χ2n) is 12.8. The fraction of sp³-hybridized carbons (Fsp3) is 0.733. The summed E-state index contributed by atoms with van der Waals surface area (Å²) < 4.78 is 19.1. The van der Waals surface area contributed by atoms with Crippen molar-refractivity contribution in [2.45, 2.75) is 120 Å². The number of fused-ring (bicyclic) bond motifs is 3. The van der Waals surface area contributed by atoms with Crippen LogP contribution in [0, 0.1) is 17.7 Å². The highest BCUT2D eigenvalue weighted by atomic mass is 35.5. The topological polar surface area (TPSA) is 99.7 Å². The Morgan fingerprint density at radius 3 is 2.46 bits per heavy atom. The number of aliphatic hydroxyl groups is 1. The second kappa shape index (κ2) is 11.2. The van der Waals surface area contributed by atoms with Crippen LogP contribution in [-0.2, 0) is 9.59 Å². The summed E-state index contributed by atoms with van der Waals surface area (Å²) >= 11 is 5.70. The number of amides is 2. The first-order valence-corrected chi connectivity index (χ1v) is 15.1. The summed E-state index contributed by atoms with van der Waals surface area (Å²) in [5.41, 5.74) is -1.17. The Labute approximate surface area is 236 Å². The minimum atomic E-state index is -0.773. The number of rotatable bonds is 8. The van der Waals surface area contributed by atoms with E-state index in [1.807, 2.05) is 0 Å². The first kappa shape index (κ1) is 28.6. The van der Waals surface area contributed by atoms with E-state index in [-0.39, 0.29) is 40.8 Å². The Morgan fingerprint density at radius 2 is 1.82 bits per heavy atom. The standard InChI is InChI=1S/C30H43ClFN3O4/c1-19(2)30(20-6-3-4-7-20)11-5-8-24(33-30)27(38)35-28-12-14-29(15-13-28,25(36)17-28)34-26(37)18-39-21-9-10-22(31)23(32)16-21/h9-10,16,19-20,24-25,33,36H,3-8,11-15,17-18H2,1-2H3,(H,34,37)(H,35,38). The highest BCUT2D eigenvalue weighted by molar-refractivity contribution is 6.30. The lowest BCUT2D eigenvalue weighted by Gasteiger charge is -2.57. The van der Waals surface area contributed by atoms with Crippen molar-refractivity contribution >= 4 is 23.4 Å². The Hall–Kier alpha value is -1.90. The number of nitrogens with one attached hydrogen (secondary N) is 3. The Kier molecular flexibility index (Phi) is 8.20. The van der Waals surface area contributed by atoms with Crippen LogP contribution in [0.2, 0.25) is 5.02 Å². The second-order valence-corrected chi connectivity index (χ2v) is 13.2. The number of ether oxygens (including phenoxy) is 1. The molecular formula is C30H43ClFN3O4. The molecule has 1 aromatic carbocycles. The van der Waals surface area contributed by atoms with Crippen LogP contribution < -0.4 is 20.7 Å². The fourth-order valence-electron chi connectivity index (χ4n) is 7.99. The minimum absolute atomic E-state index is 0.0128. The number of halogens is 2. The van der Waals surface area contributed by atoms with E-state index in [1.54, 1.807) is 0 Å². The molecule has 0 radical (unpaired) electrons. The van der Waals surface area contributed by atoms with Gasteiger partial charge in [-0.15, -0.1) is 0 Å². The van der Waals surface area contributed by atoms with Gasteiger partial charge < -0.3 is 20.5 Å². The zero-order chi connectivity index (χ0) is 27.8. The lowest BCUT2D eigenvalue weighted by molar-refractivity contribution is -0.138. The molecule has 2 bridgehead atoms. The Balaban J connectivity index is 1.17. The number of carbonyl (C=O) groups excluding carboxylic acids is 2. The molecule has 1 saturated heterocycles. The van der Waals surface area contributed by atoms with Crippen molar-refractivity contribution in [3.8, 4) is 5.75 Å². The SMILES string of the molecule is CC(C)C1(C2CCCC2)CCCC(C(=O)NC23CCC(NC(=O)COc4ccc(Cl)c(F)c4)(CC2)C(O)C3)N1. The van der Waals surface area contributed by atoms with Crippen molar-refractivity contribution < 1.29 is 23.8 Å². The lowest BCUT2D eigenvalue weighted by Crippen LogP contribution is -2.72. The maximum Gasteiger partial charge on any atom is 0.258 e. The van der Waals surface area contributed by atoms with Gasteiger partial charge in [0.25, 0.3) is 5.91 Å². The number of piperidine rings is 1. The molecule has 1 aromatic rings. The number of hydrogen-bond donors (Lipinski definition) is 4. The normalized spacial score (nSPS) is 34.7.